The molecular formula is C16H19N5O2S. The van der Waals surface area contributed by atoms with Gasteiger partial charge in [0.1, 0.15) is 10.6 Å². The number of carbonyl (C=O) groups excluding carboxylic acids is 1. The minimum atomic E-state index is -0.155. The largest absolute Gasteiger partial charge is 0.311 e. The third kappa shape index (κ3) is 3.23. The van der Waals surface area contributed by atoms with E-state index in [-0.39, 0.29) is 23.9 Å². The lowest BCUT2D eigenvalue weighted by molar-refractivity contribution is -0.116. The number of hydrogen-bond acceptors (Lipinski definition) is 5. The van der Waals surface area contributed by atoms with E-state index in [9.17, 15) is 9.59 Å². The summed E-state index contributed by atoms with van der Waals surface area (Å²) in [6, 6.07) is 3.74. The molecule has 8 heteroatoms. The molecule has 0 spiro atoms. The molecule has 0 saturated heterocycles. The summed E-state index contributed by atoms with van der Waals surface area (Å²) >= 11 is 1.43. The first-order valence-electron chi connectivity index (χ1n) is 7.86. The summed E-state index contributed by atoms with van der Waals surface area (Å²) in [5, 5.41) is 9.53. The molecule has 0 aromatic carbocycles. The van der Waals surface area contributed by atoms with Crippen LogP contribution in [0.3, 0.4) is 0 Å². The van der Waals surface area contributed by atoms with Crippen LogP contribution in [0.15, 0.2) is 34.8 Å². The van der Waals surface area contributed by atoms with Crippen molar-refractivity contribution in [2.75, 3.05) is 5.32 Å². The van der Waals surface area contributed by atoms with E-state index in [1.807, 2.05) is 12.3 Å². The van der Waals surface area contributed by atoms with Gasteiger partial charge in [-0.2, -0.15) is 5.10 Å². The minimum Gasteiger partial charge on any atom is -0.311 e. The predicted octanol–water partition coefficient (Wildman–Crippen LogP) is 2.65. The van der Waals surface area contributed by atoms with Crippen molar-refractivity contribution < 1.29 is 4.79 Å². The third-order valence-corrected chi connectivity index (χ3v) is 4.80. The van der Waals surface area contributed by atoms with Gasteiger partial charge in [0.15, 0.2) is 0 Å². The predicted molar refractivity (Wildman–Crippen MR) is 94.4 cm³/mol. The van der Waals surface area contributed by atoms with Crippen molar-refractivity contribution in [1.29, 1.82) is 0 Å². The van der Waals surface area contributed by atoms with Gasteiger partial charge in [0, 0.05) is 19.0 Å². The fraction of sp³-hybridized carbons (Fsp3) is 0.375. The van der Waals surface area contributed by atoms with Crippen LogP contribution in [0.4, 0.5) is 5.82 Å². The Hall–Kier alpha value is -2.48. The summed E-state index contributed by atoms with van der Waals surface area (Å²) in [5.74, 6) is 0.519. The standard InChI is InChI=1S/C16H19N5O2S/c1-3-11(2)21-13(4-7-18-21)19-14(22)5-8-20-10-17-15-12(16(20)23)6-9-24-15/h4,6-7,9-11H,3,5,8H2,1-2H3,(H,19,22). The second-order valence-corrected chi connectivity index (χ2v) is 6.49. The van der Waals surface area contributed by atoms with Crippen LogP contribution in [0.5, 0.6) is 0 Å². The zero-order valence-corrected chi connectivity index (χ0v) is 14.4. The number of anilines is 1. The maximum absolute atomic E-state index is 12.3. The Bertz CT molecular complexity index is 910. The lowest BCUT2D eigenvalue weighted by atomic mass is 10.3. The highest BCUT2D eigenvalue weighted by Gasteiger charge is 2.12. The van der Waals surface area contributed by atoms with Gasteiger partial charge in [-0.1, -0.05) is 6.92 Å². The Labute approximate surface area is 142 Å². The highest BCUT2D eigenvalue weighted by molar-refractivity contribution is 7.16. The molecule has 0 bridgehead atoms. The van der Waals surface area contributed by atoms with Crippen LogP contribution in [0.1, 0.15) is 32.7 Å². The molecule has 3 rings (SSSR count). The first-order chi connectivity index (χ1) is 11.6. The van der Waals surface area contributed by atoms with E-state index in [2.05, 4.69) is 22.3 Å². The molecule has 126 valence electrons. The number of aromatic nitrogens is 4. The number of carbonyl (C=O) groups is 1. The first kappa shape index (κ1) is 16.4. The highest BCUT2D eigenvalue weighted by atomic mass is 32.1. The Morgan fingerprint density at radius 3 is 3.04 bits per heavy atom. The van der Waals surface area contributed by atoms with Gasteiger partial charge in [-0.05, 0) is 24.8 Å². The molecule has 0 fully saturated rings. The van der Waals surface area contributed by atoms with Crippen LogP contribution >= 0.6 is 11.3 Å². The average molecular weight is 345 g/mol. The van der Waals surface area contributed by atoms with E-state index in [1.54, 1.807) is 23.0 Å². The molecule has 1 amide bonds. The van der Waals surface area contributed by atoms with Crippen molar-refractivity contribution in [1.82, 2.24) is 19.3 Å². The number of nitrogens with zero attached hydrogens (tertiary/aromatic N) is 4. The number of hydrogen-bond donors (Lipinski definition) is 1. The molecule has 3 heterocycles. The SMILES string of the molecule is CCC(C)n1nccc1NC(=O)CCn1cnc2sccc2c1=O. The van der Waals surface area contributed by atoms with Crippen molar-refractivity contribution in [3.05, 3.63) is 40.4 Å². The fourth-order valence-electron chi connectivity index (χ4n) is 2.42. The first-order valence-corrected chi connectivity index (χ1v) is 8.74. The maximum Gasteiger partial charge on any atom is 0.262 e. The van der Waals surface area contributed by atoms with E-state index in [4.69, 9.17) is 0 Å². The van der Waals surface area contributed by atoms with Crippen LogP contribution < -0.4 is 10.9 Å². The van der Waals surface area contributed by atoms with E-state index >= 15 is 0 Å². The lowest BCUT2D eigenvalue weighted by Crippen LogP contribution is -2.24. The van der Waals surface area contributed by atoms with E-state index in [0.717, 1.165) is 11.3 Å². The molecule has 3 aromatic rings. The third-order valence-electron chi connectivity index (χ3n) is 3.98. The van der Waals surface area contributed by atoms with Crippen molar-refractivity contribution in [3.63, 3.8) is 0 Å². The summed E-state index contributed by atoms with van der Waals surface area (Å²) in [4.78, 5) is 29.4. The monoisotopic (exact) mass is 345 g/mol. The molecule has 1 N–H and O–H groups in total. The zero-order chi connectivity index (χ0) is 17.1. The van der Waals surface area contributed by atoms with Crippen molar-refractivity contribution in [2.45, 2.75) is 39.3 Å². The molecule has 1 atom stereocenters. The molecule has 1 unspecified atom stereocenters. The molecule has 7 nitrogen and oxygen atoms in total. The molecular weight excluding hydrogens is 326 g/mol. The Balaban J connectivity index is 1.66. The van der Waals surface area contributed by atoms with Crippen LogP contribution in [-0.4, -0.2) is 25.2 Å². The van der Waals surface area contributed by atoms with Gasteiger partial charge in [-0.15, -0.1) is 11.3 Å². The van der Waals surface area contributed by atoms with Crippen molar-refractivity contribution >= 4 is 33.3 Å². The van der Waals surface area contributed by atoms with Gasteiger partial charge < -0.3 is 5.32 Å². The summed E-state index contributed by atoms with van der Waals surface area (Å²) in [7, 11) is 0. The molecule has 0 radical (unpaired) electrons. The molecule has 0 saturated carbocycles. The topological polar surface area (TPSA) is 81.8 Å². The number of fused-ring (bicyclic) bond motifs is 1. The summed E-state index contributed by atoms with van der Waals surface area (Å²) in [6.07, 6.45) is 4.29. The van der Waals surface area contributed by atoms with Gasteiger partial charge >= 0.3 is 0 Å². The van der Waals surface area contributed by atoms with Crippen LogP contribution in [0, 0.1) is 0 Å². The highest BCUT2D eigenvalue weighted by Crippen LogP contribution is 2.17. The number of rotatable bonds is 6. The van der Waals surface area contributed by atoms with Gasteiger partial charge in [-0.3, -0.25) is 14.2 Å². The number of thiophene rings is 1. The maximum atomic E-state index is 12.3. The summed E-state index contributed by atoms with van der Waals surface area (Å²) < 4.78 is 3.27. The zero-order valence-electron chi connectivity index (χ0n) is 13.6. The Morgan fingerprint density at radius 2 is 2.25 bits per heavy atom. The van der Waals surface area contributed by atoms with Crippen LogP contribution in [0.2, 0.25) is 0 Å². The number of amides is 1. The summed E-state index contributed by atoms with van der Waals surface area (Å²) in [6.45, 7) is 4.41. The summed E-state index contributed by atoms with van der Waals surface area (Å²) in [5.41, 5.74) is -0.112. The number of aryl methyl sites for hydroxylation is 1. The van der Waals surface area contributed by atoms with E-state index in [1.165, 1.54) is 22.2 Å². The van der Waals surface area contributed by atoms with Gasteiger partial charge in [0.05, 0.1) is 24.0 Å². The average Bonchev–Trinajstić information content (AvgIpc) is 3.23. The smallest absolute Gasteiger partial charge is 0.262 e. The fourth-order valence-corrected chi connectivity index (χ4v) is 3.14. The van der Waals surface area contributed by atoms with Crippen LogP contribution in [-0.2, 0) is 11.3 Å². The van der Waals surface area contributed by atoms with Gasteiger partial charge in [-0.25, -0.2) is 9.67 Å². The normalized spacial score (nSPS) is 12.4. The minimum absolute atomic E-state index is 0.112. The van der Waals surface area contributed by atoms with Crippen molar-refractivity contribution in [3.8, 4) is 0 Å². The van der Waals surface area contributed by atoms with Gasteiger partial charge in [0.2, 0.25) is 5.91 Å². The second kappa shape index (κ2) is 6.96. The molecule has 0 aliphatic rings. The molecule has 3 aromatic heterocycles. The lowest BCUT2D eigenvalue weighted by Gasteiger charge is -2.14. The Morgan fingerprint density at radius 1 is 1.42 bits per heavy atom. The van der Waals surface area contributed by atoms with Gasteiger partial charge in [0.25, 0.3) is 5.56 Å². The van der Waals surface area contributed by atoms with Crippen LogP contribution in [0.25, 0.3) is 10.2 Å². The molecule has 24 heavy (non-hydrogen) atoms. The van der Waals surface area contributed by atoms with E-state index in [0.29, 0.717) is 17.7 Å². The molecule has 0 aliphatic carbocycles. The quantitative estimate of drug-likeness (QED) is 0.744. The number of nitrogens with one attached hydrogen (secondary N) is 1. The molecule has 0 aliphatic heterocycles. The Kier molecular flexibility index (Phi) is 4.75. The second-order valence-electron chi connectivity index (χ2n) is 5.60. The van der Waals surface area contributed by atoms with Crippen molar-refractivity contribution in [2.24, 2.45) is 0 Å². The van der Waals surface area contributed by atoms with E-state index < -0.39 is 0 Å².